The number of rotatable bonds is 7. The molecule has 2 aromatic heterocycles. The highest BCUT2D eigenvalue weighted by atomic mass is 32.1. The summed E-state index contributed by atoms with van der Waals surface area (Å²) in [5.41, 5.74) is 5.13. The van der Waals surface area contributed by atoms with E-state index >= 15 is 0 Å². The van der Waals surface area contributed by atoms with Crippen LogP contribution in [0.5, 0.6) is 5.75 Å². The van der Waals surface area contributed by atoms with Crippen LogP contribution in [0.15, 0.2) is 54.7 Å². The smallest absolute Gasteiger partial charge is 0.170 e. The van der Waals surface area contributed by atoms with Crippen LogP contribution in [0.1, 0.15) is 41.1 Å². The number of nitrogens with one attached hydrogen (secondary N) is 1. The summed E-state index contributed by atoms with van der Waals surface area (Å²) < 4.78 is 2.12. The van der Waals surface area contributed by atoms with Gasteiger partial charge in [0, 0.05) is 24.1 Å². The van der Waals surface area contributed by atoms with Gasteiger partial charge in [0.25, 0.3) is 0 Å². The molecule has 1 aliphatic rings. The molecule has 1 aliphatic heterocycles. The molecule has 32 heavy (non-hydrogen) atoms. The molecular formula is C25H31N5OS. The van der Waals surface area contributed by atoms with Gasteiger partial charge in [-0.3, -0.25) is 4.98 Å². The molecule has 6 nitrogen and oxygen atoms in total. The molecule has 0 saturated carbocycles. The minimum Gasteiger partial charge on any atom is -0.506 e. The molecule has 7 heteroatoms. The second-order valence-corrected chi connectivity index (χ2v) is 9.01. The molecule has 2 atom stereocenters. The standard InChI is InChI=1S/C25H31N5OS/c1-17-16-19(18(2)30(17)21-11-5-6-12-22(21)31)24-23(20-10-7-8-13-26-20)27-25(32)29(24)15-9-14-28(3)4/h5-8,10-13,16,23-24,31H,9,14-15H2,1-4H3,(H,27,32)/t23-,24-/m1/s1. The Hall–Kier alpha value is -2.90. The summed E-state index contributed by atoms with van der Waals surface area (Å²) in [4.78, 5) is 9.14. The van der Waals surface area contributed by atoms with Gasteiger partial charge in [0.2, 0.25) is 0 Å². The van der Waals surface area contributed by atoms with Gasteiger partial charge >= 0.3 is 0 Å². The van der Waals surface area contributed by atoms with E-state index < -0.39 is 0 Å². The molecule has 1 aromatic carbocycles. The molecule has 1 saturated heterocycles. The average molecular weight is 450 g/mol. The first kappa shape index (κ1) is 22.3. The lowest BCUT2D eigenvalue weighted by atomic mass is 9.96. The average Bonchev–Trinajstić information content (AvgIpc) is 3.24. The van der Waals surface area contributed by atoms with Crippen LogP contribution in [-0.4, -0.2) is 56.8 Å². The molecule has 0 amide bonds. The summed E-state index contributed by atoms with van der Waals surface area (Å²) in [5, 5.41) is 14.8. The number of hydrogen-bond acceptors (Lipinski definition) is 4. The maximum Gasteiger partial charge on any atom is 0.170 e. The molecule has 0 spiro atoms. The molecule has 0 bridgehead atoms. The molecular weight excluding hydrogens is 418 g/mol. The van der Waals surface area contributed by atoms with Crippen molar-refractivity contribution in [3.8, 4) is 11.4 Å². The topological polar surface area (TPSA) is 56.6 Å². The number of benzene rings is 1. The summed E-state index contributed by atoms with van der Waals surface area (Å²) in [6.07, 6.45) is 2.84. The first-order valence-electron chi connectivity index (χ1n) is 11.0. The quantitative estimate of drug-likeness (QED) is 0.529. The van der Waals surface area contributed by atoms with E-state index in [1.807, 2.05) is 36.5 Å². The van der Waals surface area contributed by atoms with E-state index in [9.17, 15) is 5.11 Å². The van der Waals surface area contributed by atoms with Crippen molar-refractivity contribution in [1.82, 2.24) is 24.7 Å². The Morgan fingerprint density at radius 3 is 2.56 bits per heavy atom. The largest absolute Gasteiger partial charge is 0.506 e. The summed E-state index contributed by atoms with van der Waals surface area (Å²) >= 11 is 5.80. The predicted octanol–water partition coefficient (Wildman–Crippen LogP) is 4.12. The van der Waals surface area contributed by atoms with Gasteiger partial charge in [-0.2, -0.15) is 0 Å². The Bertz CT molecular complexity index is 1090. The second kappa shape index (κ2) is 9.30. The van der Waals surface area contributed by atoms with Gasteiger partial charge in [0.1, 0.15) is 5.75 Å². The minimum atomic E-state index is -0.0404. The molecule has 0 aliphatic carbocycles. The monoisotopic (exact) mass is 449 g/mol. The zero-order chi connectivity index (χ0) is 22.8. The molecule has 2 N–H and O–H groups in total. The number of pyridine rings is 1. The maximum absolute atomic E-state index is 10.5. The van der Waals surface area contributed by atoms with Crippen LogP contribution in [0.3, 0.4) is 0 Å². The van der Waals surface area contributed by atoms with Gasteiger partial charge in [-0.1, -0.05) is 18.2 Å². The van der Waals surface area contributed by atoms with Crippen molar-refractivity contribution in [1.29, 1.82) is 0 Å². The summed E-state index contributed by atoms with van der Waals surface area (Å²) in [6.45, 7) is 6.05. The molecule has 0 radical (unpaired) electrons. The third kappa shape index (κ3) is 4.23. The maximum atomic E-state index is 10.5. The van der Waals surface area contributed by atoms with E-state index in [1.54, 1.807) is 6.07 Å². The fourth-order valence-corrected chi connectivity index (χ4v) is 4.98. The normalized spacial score (nSPS) is 18.4. The molecule has 168 valence electrons. The molecule has 3 aromatic rings. The number of nitrogens with zero attached hydrogens (tertiary/aromatic N) is 4. The van der Waals surface area contributed by atoms with E-state index in [4.69, 9.17) is 12.2 Å². The van der Waals surface area contributed by atoms with Crippen molar-refractivity contribution in [3.63, 3.8) is 0 Å². The highest BCUT2D eigenvalue weighted by molar-refractivity contribution is 7.80. The highest BCUT2D eigenvalue weighted by Crippen LogP contribution is 2.42. The minimum absolute atomic E-state index is 0.0189. The van der Waals surface area contributed by atoms with Crippen molar-refractivity contribution in [2.75, 3.05) is 27.2 Å². The number of para-hydroxylation sites is 2. The number of hydrogen-bond donors (Lipinski definition) is 2. The summed E-state index contributed by atoms with van der Waals surface area (Å²) in [6, 6.07) is 15.7. The Balaban J connectivity index is 1.78. The number of phenolic OH excluding ortho intramolecular Hbond substituents is 1. The van der Waals surface area contributed by atoms with Gasteiger partial charge < -0.3 is 24.8 Å². The van der Waals surface area contributed by atoms with Crippen molar-refractivity contribution in [2.45, 2.75) is 32.4 Å². The van der Waals surface area contributed by atoms with Gasteiger partial charge in [0.15, 0.2) is 5.11 Å². The van der Waals surface area contributed by atoms with Crippen LogP contribution < -0.4 is 5.32 Å². The lowest BCUT2D eigenvalue weighted by molar-refractivity contribution is 0.292. The first-order chi connectivity index (χ1) is 15.4. The Morgan fingerprint density at radius 1 is 1.12 bits per heavy atom. The molecule has 4 rings (SSSR count). The van der Waals surface area contributed by atoms with Crippen LogP contribution in [0.2, 0.25) is 0 Å². The van der Waals surface area contributed by atoms with Crippen LogP contribution in [-0.2, 0) is 0 Å². The number of aromatic nitrogens is 2. The molecule has 1 fully saturated rings. The third-order valence-electron chi connectivity index (χ3n) is 6.11. The van der Waals surface area contributed by atoms with Gasteiger partial charge in [-0.25, -0.2) is 0 Å². The lowest BCUT2D eigenvalue weighted by Crippen LogP contribution is -2.32. The molecule has 0 unspecified atom stereocenters. The van der Waals surface area contributed by atoms with Gasteiger partial charge in [-0.15, -0.1) is 0 Å². The third-order valence-corrected chi connectivity index (χ3v) is 6.47. The van der Waals surface area contributed by atoms with Crippen LogP contribution in [0.4, 0.5) is 0 Å². The zero-order valence-electron chi connectivity index (χ0n) is 19.1. The fraction of sp³-hybridized carbons (Fsp3) is 0.360. The van der Waals surface area contributed by atoms with Crippen LogP contribution in [0, 0.1) is 13.8 Å². The van der Waals surface area contributed by atoms with E-state index in [0.29, 0.717) is 0 Å². The Morgan fingerprint density at radius 2 is 1.88 bits per heavy atom. The number of aromatic hydroxyl groups is 1. The fourth-order valence-electron chi connectivity index (χ4n) is 4.65. The molecule has 3 heterocycles. The zero-order valence-corrected chi connectivity index (χ0v) is 19.9. The first-order valence-corrected chi connectivity index (χ1v) is 11.4. The van der Waals surface area contributed by atoms with E-state index in [2.05, 4.69) is 64.7 Å². The lowest BCUT2D eigenvalue weighted by Gasteiger charge is -2.28. The van der Waals surface area contributed by atoms with Gasteiger partial charge in [0.05, 0.1) is 23.5 Å². The number of aryl methyl sites for hydroxylation is 1. The predicted molar refractivity (Wildman–Crippen MR) is 132 cm³/mol. The summed E-state index contributed by atoms with van der Waals surface area (Å²) in [7, 11) is 4.18. The second-order valence-electron chi connectivity index (χ2n) is 8.63. The van der Waals surface area contributed by atoms with E-state index in [1.165, 1.54) is 5.56 Å². The SMILES string of the molecule is Cc1cc([C@@H]2[C@@H](c3ccccn3)NC(=S)N2CCCN(C)C)c(C)n1-c1ccccc1O. The van der Waals surface area contributed by atoms with E-state index in [-0.39, 0.29) is 17.8 Å². The van der Waals surface area contributed by atoms with Crippen LogP contribution in [0.25, 0.3) is 5.69 Å². The van der Waals surface area contributed by atoms with E-state index in [0.717, 1.165) is 47.4 Å². The Labute approximate surface area is 195 Å². The van der Waals surface area contributed by atoms with Crippen molar-refractivity contribution < 1.29 is 5.11 Å². The highest BCUT2D eigenvalue weighted by Gasteiger charge is 2.41. The Kier molecular flexibility index (Phi) is 6.48. The van der Waals surface area contributed by atoms with Crippen molar-refractivity contribution in [3.05, 3.63) is 77.4 Å². The number of thiocarbonyl (C=S) groups is 1. The van der Waals surface area contributed by atoms with Crippen molar-refractivity contribution in [2.24, 2.45) is 0 Å². The van der Waals surface area contributed by atoms with Crippen LogP contribution >= 0.6 is 12.2 Å². The summed E-state index contributed by atoms with van der Waals surface area (Å²) in [5.74, 6) is 0.269. The number of phenols is 1. The van der Waals surface area contributed by atoms with Crippen molar-refractivity contribution >= 4 is 17.3 Å². The van der Waals surface area contributed by atoms with Gasteiger partial charge in [-0.05, 0) is 89.0 Å².